The highest BCUT2D eigenvalue weighted by atomic mass is 15.1. The maximum Gasteiger partial charge on any atom is 0.122 e. The monoisotopic (exact) mass is 271 g/mol. The van der Waals surface area contributed by atoms with E-state index in [0.29, 0.717) is 0 Å². The van der Waals surface area contributed by atoms with Crippen molar-refractivity contribution in [3.8, 4) is 0 Å². The van der Waals surface area contributed by atoms with E-state index in [2.05, 4.69) is 66.8 Å². The second-order valence-corrected chi connectivity index (χ2v) is 6.20. The summed E-state index contributed by atoms with van der Waals surface area (Å²) in [6, 6.07) is 8.90. The van der Waals surface area contributed by atoms with Crippen LogP contribution in [0.3, 0.4) is 0 Å². The van der Waals surface area contributed by atoms with Crippen LogP contribution in [0.1, 0.15) is 44.6 Å². The number of hydrogen-bond donors (Lipinski definition) is 1. The lowest BCUT2D eigenvalue weighted by atomic mass is 9.87. The fourth-order valence-corrected chi connectivity index (χ4v) is 2.19. The third-order valence-corrected chi connectivity index (χ3v) is 3.51. The molecule has 1 aromatic carbocycles. The normalized spacial score (nSPS) is 11.8. The molecule has 0 aliphatic rings. The van der Waals surface area contributed by atoms with Crippen LogP contribution in [0.15, 0.2) is 36.7 Å². The molecule has 2 rings (SSSR count). The molecule has 0 fully saturated rings. The van der Waals surface area contributed by atoms with Crippen molar-refractivity contribution in [2.24, 2.45) is 0 Å². The molecule has 0 unspecified atom stereocenters. The predicted molar refractivity (Wildman–Crippen MR) is 83.9 cm³/mol. The van der Waals surface area contributed by atoms with E-state index in [0.717, 1.165) is 25.5 Å². The van der Waals surface area contributed by atoms with Gasteiger partial charge < -0.3 is 9.88 Å². The highest BCUT2D eigenvalue weighted by molar-refractivity contribution is 5.27. The van der Waals surface area contributed by atoms with E-state index in [-0.39, 0.29) is 5.41 Å². The third-order valence-electron chi connectivity index (χ3n) is 3.51. The molecule has 0 bridgehead atoms. The lowest BCUT2D eigenvalue weighted by Gasteiger charge is -2.19. The Morgan fingerprint density at radius 2 is 1.85 bits per heavy atom. The van der Waals surface area contributed by atoms with Crippen molar-refractivity contribution in [2.45, 2.75) is 46.2 Å². The molecule has 20 heavy (non-hydrogen) atoms. The third kappa shape index (κ3) is 3.70. The molecule has 0 atom stereocenters. The van der Waals surface area contributed by atoms with Crippen LogP contribution in [0.2, 0.25) is 0 Å². The van der Waals surface area contributed by atoms with Crippen LogP contribution in [0.25, 0.3) is 0 Å². The van der Waals surface area contributed by atoms with Gasteiger partial charge in [-0.1, -0.05) is 52.0 Å². The highest BCUT2D eigenvalue weighted by Crippen LogP contribution is 2.22. The van der Waals surface area contributed by atoms with Crippen LogP contribution < -0.4 is 5.32 Å². The zero-order chi connectivity index (χ0) is 14.6. The van der Waals surface area contributed by atoms with E-state index < -0.39 is 0 Å². The molecule has 0 spiro atoms. The molecule has 0 aliphatic heterocycles. The summed E-state index contributed by atoms with van der Waals surface area (Å²) in [7, 11) is 0. The number of imidazole rings is 1. The molecular weight excluding hydrogens is 246 g/mol. The first-order valence-corrected chi connectivity index (χ1v) is 7.31. The van der Waals surface area contributed by atoms with E-state index in [1.54, 1.807) is 0 Å². The second kappa shape index (κ2) is 6.23. The molecule has 3 heteroatoms. The fourth-order valence-electron chi connectivity index (χ4n) is 2.19. The summed E-state index contributed by atoms with van der Waals surface area (Å²) >= 11 is 0. The van der Waals surface area contributed by atoms with Crippen LogP contribution in [-0.4, -0.2) is 16.1 Å². The minimum Gasteiger partial charge on any atom is -0.329 e. The number of nitrogens with zero attached hydrogens (tertiary/aromatic N) is 2. The quantitative estimate of drug-likeness (QED) is 0.904. The van der Waals surface area contributed by atoms with Gasteiger partial charge in [-0.2, -0.15) is 0 Å². The van der Waals surface area contributed by atoms with Gasteiger partial charge in [-0.15, -0.1) is 0 Å². The van der Waals surface area contributed by atoms with E-state index in [4.69, 9.17) is 0 Å². The minimum absolute atomic E-state index is 0.212. The predicted octanol–water partition coefficient (Wildman–Crippen LogP) is 3.34. The van der Waals surface area contributed by atoms with Crippen molar-refractivity contribution < 1.29 is 0 Å². The van der Waals surface area contributed by atoms with Gasteiger partial charge in [0.15, 0.2) is 0 Å². The average Bonchev–Trinajstić information content (AvgIpc) is 2.83. The Balaban J connectivity index is 2.09. The lowest BCUT2D eigenvalue weighted by Crippen LogP contribution is -2.16. The summed E-state index contributed by atoms with van der Waals surface area (Å²) in [5.74, 6) is 1.09. The summed E-state index contributed by atoms with van der Waals surface area (Å²) in [5.41, 5.74) is 2.90. The summed E-state index contributed by atoms with van der Waals surface area (Å²) in [6.45, 7) is 11.5. The van der Waals surface area contributed by atoms with Crippen molar-refractivity contribution in [1.82, 2.24) is 14.9 Å². The largest absolute Gasteiger partial charge is 0.329 e. The van der Waals surface area contributed by atoms with E-state index >= 15 is 0 Å². The number of aromatic nitrogens is 2. The Labute approximate surface area is 122 Å². The van der Waals surface area contributed by atoms with Crippen LogP contribution in [0, 0.1) is 0 Å². The summed E-state index contributed by atoms with van der Waals surface area (Å²) in [6.07, 6.45) is 3.92. The Kier molecular flexibility index (Phi) is 4.61. The van der Waals surface area contributed by atoms with Gasteiger partial charge in [-0.05, 0) is 23.1 Å². The first-order valence-electron chi connectivity index (χ1n) is 7.31. The smallest absolute Gasteiger partial charge is 0.122 e. The molecule has 108 valence electrons. The molecule has 2 aromatic rings. The van der Waals surface area contributed by atoms with Gasteiger partial charge >= 0.3 is 0 Å². The maximum absolute atomic E-state index is 4.41. The molecule has 0 saturated carbocycles. The number of benzene rings is 1. The maximum atomic E-state index is 4.41. The minimum atomic E-state index is 0.212. The molecule has 0 saturated heterocycles. The Hall–Kier alpha value is -1.61. The number of nitrogens with one attached hydrogen (secondary N) is 1. The lowest BCUT2D eigenvalue weighted by molar-refractivity contribution is 0.589. The van der Waals surface area contributed by atoms with Gasteiger partial charge in [0, 0.05) is 18.9 Å². The molecule has 3 nitrogen and oxygen atoms in total. The van der Waals surface area contributed by atoms with Gasteiger partial charge in [-0.3, -0.25) is 0 Å². The van der Waals surface area contributed by atoms with Crippen LogP contribution in [-0.2, 0) is 18.5 Å². The highest BCUT2D eigenvalue weighted by Gasteiger charge is 2.13. The Morgan fingerprint density at radius 3 is 2.45 bits per heavy atom. The molecule has 0 amide bonds. The van der Waals surface area contributed by atoms with Gasteiger partial charge in [0.2, 0.25) is 0 Å². The molecule has 1 N–H and O–H groups in total. The van der Waals surface area contributed by atoms with Gasteiger partial charge in [0.1, 0.15) is 5.82 Å². The van der Waals surface area contributed by atoms with Crippen molar-refractivity contribution >= 4 is 0 Å². The van der Waals surface area contributed by atoms with Crippen LogP contribution in [0.5, 0.6) is 0 Å². The molecule has 1 aromatic heterocycles. The zero-order valence-corrected chi connectivity index (χ0v) is 13.0. The molecule has 0 radical (unpaired) electrons. The van der Waals surface area contributed by atoms with Crippen LogP contribution in [0.4, 0.5) is 0 Å². The number of rotatable bonds is 5. The van der Waals surface area contributed by atoms with E-state index in [1.807, 2.05) is 12.4 Å². The molecule has 0 aliphatic carbocycles. The van der Waals surface area contributed by atoms with Gasteiger partial charge in [0.05, 0.1) is 6.54 Å². The van der Waals surface area contributed by atoms with Crippen molar-refractivity contribution in [3.05, 3.63) is 53.6 Å². The average molecular weight is 271 g/mol. The summed E-state index contributed by atoms with van der Waals surface area (Å²) in [5, 5.41) is 3.32. The van der Waals surface area contributed by atoms with Crippen molar-refractivity contribution in [1.29, 1.82) is 0 Å². The topological polar surface area (TPSA) is 29.9 Å². The zero-order valence-electron chi connectivity index (χ0n) is 13.0. The van der Waals surface area contributed by atoms with Gasteiger partial charge in [-0.25, -0.2) is 4.98 Å². The SMILES string of the molecule is CCNCc1nccn1Cc1ccc(C(C)(C)C)cc1. The standard InChI is InChI=1S/C17H25N3/c1-5-18-12-16-19-10-11-20(16)13-14-6-8-15(9-7-14)17(2,3)4/h6-11,18H,5,12-13H2,1-4H3. The van der Waals surface area contributed by atoms with Crippen molar-refractivity contribution in [3.63, 3.8) is 0 Å². The number of hydrogen-bond acceptors (Lipinski definition) is 2. The first kappa shape index (κ1) is 14.8. The summed E-state index contributed by atoms with van der Waals surface area (Å²) < 4.78 is 2.20. The fraction of sp³-hybridized carbons (Fsp3) is 0.471. The summed E-state index contributed by atoms with van der Waals surface area (Å²) in [4.78, 5) is 4.41. The Morgan fingerprint density at radius 1 is 1.15 bits per heavy atom. The molecular formula is C17H25N3. The Bertz CT molecular complexity index is 532. The van der Waals surface area contributed by atoms with Gasteiger partial charge in [0.25, 0.3) is 0 Å². The van der Waals surface area contributed by atoms with E-state index in [1.165, 1.54) is 11.1 Å². The first-order chi connectivity index (χ1) is 9.50. The van der Waals surface area contributed by atoms with Crippen LogP contribution >= 0.6 is 0 Å². The molecule has 1 heterocycles. The second-order valence-electron chi connectivity index (χ2n) is 6.20. The van der Waals surface area contributed by atoms with Crippen molar-refractivity contribution in [2.75, 3.05) is 6.54 Å². The van der Waals surface area contributed by atoms with E-state index in [9.17, 15) is 0 Å².